The smallest absolute Gasteiger partial charge is 0.150 e. The lowest BCUT2D eigenvalue weighted by Crippen LogP contribution is -2.33. The lowest BCUT2D eigenvalue weighted by Gasteiger charge is -2.29. The first-order valence-electron chi connectivity index (χ1n) is 7.49. The third-order valence-corrected chi connectivity index (χ3v) is 6.40. The molecular formula is C14H27NO2S. The van der Waals surface area contributed by atoms with Crippen molar-refractivity contribution in [1.82, 2.24) is 5.32 Å². The lowest BCUT2D eigenvalue weighted by molar-refractivity contribution is 0.254. The number of rotatable bonds is 8. The van der Waals surface area contributed by atoms with Crippen molar-refractivity contribution >= 4 is 9.84 Å². The van der Waals surface area contributed by atoms with Crippen LogP contribution in [0, 0.1) is 5.41 Å². The summed E-state index contributed by atoms with van der Waals surface area (Å²) in [6.07, 6.45) is 9.84. The van der Waals surface area contributed by atoms with E-state index in [-0.39, 0.29) is 0 Å². The molecule has 2 saturated carbocycles. The molecule has 0 unspecified atom stereocenters. The van der Waals surface area contributed by atoms with Gasteiger partial charge in [0, 0.05) is 18.3 Å². The highest BCUT2D eigenvalue weighted by atomic mass is 32.2. The molecule has 106 valence electrons. The molecule has 2 fully saturated rings. The van der Waals surface area contributed by atoms with Crippen LogP contribution in [0.4, 0.5) is 0 Å². The van der Waals surface area contributed by atoms with Crippen LogP contribution in [0.2, 0.25) is 0 Å². The molecule has 0 heterocycles. The Morgan fingerprint density at radius 2 is 1.89 bits per heavy atom. The van der Waals surface area contributed by atoms with Gasteiger partial charge in [0.1, 0.15) is 9.84 Å². The van der Waals surface area contributed by atoms with Crippen molar-refractivity contribution in [1.29, 1.82) is 0 Å². The van der Waals surface area contributed by atoms with Gasteiger partial charge in [-0.2, -0.15) is 0 Å². The van der Waals surface area contributed by atoms with Crippen LogP contribution < -0.4 is 5.32 Å². The summed E-state index contributed by atoms with van der Waals surface area (Å²) in [5, 5.41) is 3.65. The molecule has 3 nitrogen and oxygen atoms in total. The number of nitrogens with one attached hydrogen (secondary N) is 1. The molecule has 0 aromatic heterocycles. The SMILES string of the molecule is CCS(=O)(=O)CCCC1(CNC2CC2)CCCC1. The topological polar surface area (TPSA) is 46.2 Å². The maximum absolute atomic E-state index is 11.5. The van der Waals surface area contributed by atoms with Gasteiger partial charge < -0.3 is 5.32 Å². The van der Waals surface area contributed by atoms with E-state index in [1.54, 1.807) is 6.92 Å². The van der Waals surface area contributed by atoms with E-state index in [9.17, 15) is 8.42 Å². The minimum Gasteiger partial charge on any atom is -0.313 e. The molecule has 0 radical (unpaired) electrons. The van der Waals surface area contributed by atoms with E-state index in [2.05, 4.69) is 5.32 Å². The van der Waals surface area contributed by atoms with Crippen LogP contribution in [-0.4, -0.2) is 32.5 Å². The van der Waals surface area contributed by atoms with E-state index in [1.807, 2.05) is 0 Å². The van der Waals surface area contributed by atoms with Gasteiger partial charge in [0.25, 0.3) is 0 Å². The van der Waals surface area contributed by atoms with E-state index < -0.39 is 9.84 Å². The fraction of sp³-hybridized carbons (Fsp3) is 1.00. The summed E-state index contributed by atoms with van der Waals surface area (Å²) in [5.41, 5.74) is 0.409. The van der Waals surface area contributed by atoms with Crippen molar-refractivity contribution < 1.29 is 8.42 Å². The molecule has 0 aromatic carbocycles. The molecule has 0 saturated heterocycles. The van der Waals surface area contributed by atoms with Gasteiger partial charge in [-0.15, -0.1) is 0 Å². The number of sulfone groups is 1. The fourth-order valence-electron chi connectivity index (χ4n) is 3.10. The molecule has 0 amide bonds. The Hall–Kier alpha value is -0.0900. The van der Waals surface area contributed by atoms with Crippen LogP contribution in [-0.2, 0) is 9.84 Å². The Bertz CT molecular complexity index is 354. The van der Waals surface area contributed by atoms with Crippen LogP contribution in [0.15, 0.2) is 0 Å². The predicted molar refractivity (Wildman–Crippen MR) is 75.5 cm³/mol. The highest BCUT2D eigenvalue weighted by molar-refractivity contribution is 7.91. The number of hydrogen-bond donors (Lipinski definition) is 1. The standard InChI is InChI=1S/C14H27NO2S/c1-2-18(16,17)11-5-10-14(8-3-4-9-14)12-15-13-6-7-13/h13,15H,2-12H2,1H3. The molecule has 0 aromatic rings. The Morgan fingerprint density at radius 3 is 2.44 bits per heavy atom. The van der Waals surface area contributed by atoms with Gasteiger partial charge in [-0.25, -0.2) is 8.42 Å². The van der Waals surface area contributed by atoms with Crippen molar-refractivity contribution in [2.75, 3.05) is 18.1 Å². The van der Waals surface area contributed by atoms with Gasteiger partial charge in [0.15, 0.2) is 0 Å². The Kier molecular flexibility index (Phi) is 4.70. The maximum Gasteiger partial charge on any atom is 0.150 e. The first-order chi connectivity index (χ1) is 8.55. The van der Waals surface area contributed by atoms with Gasteiger partial charge in [0.05, 0.1) is 5.75 Å². The summed E-state index contributed by atoms with van der Waals surface area (Å²) in [5.74, 6) is 0.676. The number of hydrogen-bond acceptors (Lipinski definition) is 3. The Morgan fingerprint density at radius 1 is 1.22 bits per heavy atom. The minimum atomic E-state index is -2.78. The summed E-state index contributed by atoms with van der Waals surface area (Å²) < 4.78 is 23.1. The summed E-state index contributed by atoms with van der Waals surface area (Å²) >= 11 is 0. The normalized spacial score (nSPS) is 23.4. The van der Waals surface area contributed by atoms with Crippen LogP contribution in [0.1, 0.15) is 58.3 Å². The molecule has 0 atom stereocenters. The monoisotopic (exact) mass is 273 g/mol. The summed E-state index contributed by atoms with van der Waals surface area (Å²) in [7, 11) is -2.78. The third-order valence-electron chi connectivity index (χ3n) is 4.61. The zero-order chi connectivity index (χ0) is 13.1. The van der Waals surface area contributed by atoms with Crippen molar-refractivity contribution in [2.24, 2.45) is 5.41 Å². The molecule has 0 spiro atoms. The quantitative estimate of drug-likeness (QED) is 0.739. The van der Waals surface area contributed by atoms with Gasteiger partial charge in [-0.1, -0.05) is 19.8 Å². The van der Waals surface area contributed by atoms with Crippen molar-refractivity contribution in [3.63, 3.8) is 0 Å². The largest absolute Gasteiger partial charge is 0.313 e. The van der Waals surface area contributed by atoms with Crippen molar-refractivity contribution in [3.05, 3.63) is 0 Å². The third kappa shape index (κ3) is 4.23. The summed E-state index contributed by atoms with van der Waals surface area (Å²) in [6, 6.07) is 0.766. The van der Waals surface area contributed by atoms with Crippen molar-refractivity contribution in [2.45, 2.75) is 64.3 Å². The van der Waals surface area contributed by atoms with E-state index in [4.69, 9.17) is 0 Å². The summed E-state index contributed by atoms with van der Waals surface area (Å²) in [4.78, 5) is 0. The van der Waals surface area contributed by atoms with Crippen LogP contribution in [0.5, 0.6) is 0 Å². The summed E-state index contributed by atoms with van der Waals surface area (Å²) in [6.45, 7) is 2.86. The fourth-order valence-corrected chi connectivity index (χ4v) is 3.97. The van der Waals surface area contributed by atoms with Gasteiger partial charge in [-0.3, -0.25) is 0 Å². The van der Waals surface area contributed by atoms with Crippen LogP contribution in [0.25, 0.3) is 0 Å². The van der Waals surface area contributed by atoms with Crippen LogP contribution in [0.3, 0.4) is 0 Å². The highest BCUT2D eigenvalue weighted by Gasteiger charge is 2.35. The Balaban J connectivity index is 1.78. The van der Waals surface area contributed by atoms with E-state index in [0.717, 1.165) is 25.4 Å². The van der Waals surface area contributed by atoms with Crippen molar-refractivity contribution in [3.8, 4) is 0 Å². The average molecular weight is 273 g/mol. The second kappa shape index (κ2) is 5.91. The van der Waals surface area contributed by atoms with E-state index in [0.29, 0.717) is 16.9 Å². The molecule has 0 bridgehead atoms. The van der Waals surface area contributed by atoms with Gasteiger partial charge in [0.2, 0.25) is 0 Å². The first-order valence-corrected chi connectivity index (χ1v) is 9.31. The first kappa shape index (κ1) is 14.3. The molecule has 2 aliphatic rings. The van der Waals surface area contributed by atoms with Gasteiger partial charge in [-0.05, 0) is 43.9 Å². The predicted octanol–water partition coefficient (Wildman–Crippen LogP) is 2.51. The lowest BCUT2D eigenvalue weighted by atomic mass is 9.81. The van der Waals surface area contributed by atoms with E-state index in [1.165, 1.54) is 38.5 Å². The molecule has 0 aliphatic heterocycles. The second-order valence-corrected chi connectivity index (χ2v) is 8.67. The molecular weight excluding hydrogens is 246 g/mol. The van der Waals surface area contributed by atoms with Crippen LogP contribution >= 0.6 is 0 Å². The Labute approximate surface area is 112 Å². The minimum absolute atomic E-state index is 0.292. The molecule has 18 heavy (non-hydrogen) atoms. The average Bonchev–Trinajstić information content (AvgIpc) is 3.07. The molecule has 4 heteroatoms. The van der Waals surface area contributed by atoms with E-state index >= 15 is 0 Å². The molecule has 2 aliphatic carbocycles. The zero-order valence-corrected chi connectivity index (χ0v) is 12.4. The molecule has 2 rings (SSSR count). The maximum atomic E-state index is 11.5. The highest BCUT2D eigenvalue weighted by Crippen LogP contribution is 2.42. The zero-order valence-electron chi connectivity index (χ0n) is 11.6. The second-order valence-electron chi connectivity index (χ2n) is 6.20. The molecule has 1 N–H and O–H groups in total. The van der Waals surface area contributed by atoms with Gasteiger partial charge >= 0.3 is 0 Å².